The van der Waals surface area contributed by atoms with Crippen LogP contribution in [0.2, 0.25) is 0 Å². The number of anilines is 3. The average molecular weight is 502 g/mol. The average Bonchev–Trinajstić information content (AvgIpc) is 3.52. The second kappa shape index (κ2) is 10.4. The zero-order chi connectivity index (χ0) is 25.9. The monoisotopic (exact) mass is 501 g/mol. The number of hydrogen-bond acceptors (Lipinski definition) is 8. The number of para-hydroxylation sites is 2. The molecule has 0 saturated carbocycles. The Bertz CT molecular complexity index is 1460. The number of nitrogens with zero attached hydrogens (tertiary/aromatic N) is 5. The smallest absolute Gasteiger partial charge is 0.406 e. The molecule has 2 aromatic heterocycles. The molecule has 0 radical (unpaired) electrons. The molecule has 10 heteroatoms. The summed E-state index contributed by atoms with van der Waals surface area (Å²) in [5.74, 6) is 0.344. The van der Waals surface area contributed by atoms with Gasteiger partial charge in [-0.2, -0.15) is 9.66 Å². The first-order valence-electron chi connectivity index (χ1n) is 12.6. The van der Waals surface area contributed by atoms with E-state index in [1.807, 2.05) is 42.2 Å². The molecular formula is C27H31N7O3. The van der Waals surface area contributed by atoms with Crippen molar-refractivity contribution in [1.29, 1.82) is 0 Å². The molecule has 3 heterocycles. The van der Waals surface area contributed by atoms with Crippen LogP contribution in [0.5, 0.6) is 0 Å². The molecule has 2 aromatic carbocycles. The summed E-state index contributed by atoms with van der Waals surface area (Å²) in [7, 11) is 0. The van der Waals surface area contributed by atoms with Crippen LogP contribution in [0.1, 0.15) is 36.2 Å². The quantitative estimate of drug-likeness (QED) is 0.375. The van der Waals surface area contributed by atoms with Crippen molar-refractivity contribution in [2.24, 2.45) is 0 Å². The zero-order valence-electron chi connectivity index (χ0n) is 21.3. The number of oxazole rings is 1. The van der Waals surface area contributed by atoms with E-state index in [4.69, 9.17) is 4.42 Å². The Balaban J connectivity index is 1.27. The van der Waals surface area contributed by atoms with E-state index in [0.717, 1.165) is 43.9 Å². The standard InChI is InChI=1S/C27H31N7O3/c1-4-32(5-2)21-14-15-33(17-21)25(35)19-10-12-20(13-11-19)29-26-28-16-18(3)24(30-26)31-34-22-8-6-7-9-23(22)37-27(34)36/h6-13,16,21H,4-5,14-15,17H2,1-3H3,(H2,28,29,30,31). The van der Waals surface area contributed by atoms with Crippen LogP contribution in [-0.2, 0) is 0 Å². The third-order valence-corrected chi connectivity index (χ3v) is 6.84. The number of amides is 1. The molecule has 37 heavy (non-hydrogen) atoms. The van der Waals surface area contributed by atoms with Crippen LogP contribution in [0.3, 0.4) is 0 Å². The predicted octanol–water partition coefficient (Wildman–Crippen LogP) is 3.87. The Kier molecular flexibility index (Phi) is 6.91. The molecular weight excluding hydrogens is 470 g/mol. The topological polar surface area (TPSA) is 109 Å². The highest BCUT2D eigenvalue weighted by Crippen LogP contribution is 2.21. The van der Waals surface area contributed by atoms with Crippen molar-refractivity contribution in [2.75, 3.05) is 36.9 Å². The minimum atomic E-state index is -0.532. The van der Waals surface area contributed by atoms with E-state index in [2.05, 4.69) is 39.5 Å². The number of benzene rings is 2. The second-order valence-electron chi connectivity index (χ2n) is 9.13. The van der Waals surface area contributed by atoms with Gasteiger partial charge in [-0.1, -0.05) is 26.0 Å². The number of aryl methyl sites for hydroxylation is 1. The molecule has 1 fully saturated rings. The van der Waals surface area contributed by atoms with Gasteiger partial charge >= 0.3 is 5.76 Å². The molecule has 0 spiro atoms. The van der Waals surface area contributed by atoms with E-state index >= 15 is 0 Å². The molecule has 0 bridgehead atoms. The van der Waals surface area contributed by atoms with Crippen LogP contribution in [0, 0.1) is 6.92 Å². The van der Waals surface area contributed by atoms with Crippen molar-refractivity contribution in [2.45, 2.75) is 33.2 Å². The lowest BCUT2D eigenvalue weighted by atomic mass is 10.2. The minimum absolute atomic E-state index is 0.0528. The fourth-order valence-corrected chi connectivity index (χ4v) is 4.77. The predicted molar refractivity (Wildman–Crippen MR) is 143 cm³/mol. The molecule has 4 aromatic rings. The number of aromatic nitrogens is 3. The third kappa shape index (κ3) is 5.05. The lowest BCUT2D eigenvalue weighted by molar-refractivity contribution is 0.0778. The third-order valence-electron chi connectivity index (χ3n) is 6.84. The van der Waals surface area contributed by atoms with Crippen LogP contribution >= 0.6 is 0 Å². The maximum Gasteiger partial charge on any atom is 0.439 e. The summed E-state index contributed by atoms with van der Waals surface area (Å²) in [6.07, 6.45) is 2.68. The number of carbonyl (C=O) groups excluding carboxylic acids is 1. The Morgan fingerprint density at radius 3 is 2.65 bits per heavy atom. The van der Waals surface area contributed by atoms with Crippen LogP contribution < -0.4 is 16.5 Å². The van der Waals surface area contributed by atoms with Gasteiger partial charge in [-0.25, -0.2) is 9.78 Å². The van der Waals surface area contributed by atoms with E-state index in [0.29, 0.717) is 34.5 Å². The first-order chi connectivity index (χ1) is 18.0. The molecule has 1 atom stereocenters. The molecule has 192 valence electrons. The van der Waals surface area contributed by atoms with Gasteiger partial charge in [0.05, 0.1) is 0 Å². The summed E-state index contributed by atoms with van der Waals surface area (Å²) in [6.45, 7) is 9.72. The van der Waals surface area contributed by atoms with E-state index in [9.17, 15) is 9.59 Å². The lowest BCUT2D eigenvalue weighted by Gasteiger charge is -2.26. The van der Waals surface area contributed by atoms with Crippen molar-refractivity contribution < 1.29 is 9.21 Å². The minimum Gasteiger partial charge on any atom is -0.406 e. The molecule has 1 aliphatic rings. The number of fused-ring (bicyclic) bond motifs is 1. The summed E-state index contributed by atoms with van der Waals surface area (Å²) in [6, 6.07) is 14.9. The van der Waals surface area contributed by atoms with Gasteiger partial charge in [-0.3, -0.25) is 15.1 Å². The Labute approximate surface area is 214 Å². The Morgan fingerprint density at radius 1 is 1.14 bits per heavy atom. The van der Waals surface area contributed by atoms with Crippen molar-refractivity contribution in [3.8, 4) is 0 Å². The van der Waals surface area contributed by atoms with Gasteiger partial charge in [0.25, 0.3) is 5.91 Å². The number of likely N-dealkylation sites (tertiary alicyclic amines) is 1. The fourth-order valence-electron chi connectivity index (χ4n) is 4.77. The zero-order valence-corrected chi connectivity index (χ0v) is 21.3. The Morgan fingerprint density at radius 2 is 1.89 bits per heavy atom. The second-order valence-corrected chi connectivity index (χ2v) is 9.13. The molecule has 0 aliphatic carbocycles. The Hall–Kier alpha value is -4.18. The SMILES string of the molecule is CCN(CC)C1CCN(C(=O)c2ccc(Nc3ncc(C)c(Nn4c(=O)oc5ccccc54)n3)cc2)C1. The number of likely N-dealkylation sites (N-methyl/N-ethyl adjacent to an activating group) is 1. The lowest BCUT2D eigenvalue weighted by Crippen LogP contribution is -2.38. The summed E-state index contributed by atoms with van der Waals surface area (Å²) < 4.78 is 6.60. The molecule has 2 N–H and O–H groups in total. The first kappa shape index (κ1) is 24.5. The molecule has 1 saturated heterocycles. The molecule has 5 rings (SSSR count). The van der Waals surface area contributed by atoms with E-state index < -0.39 is 5.76 Å². The largest absolute Gasteiger partial charge is 0.439 e. The fraction of sp³-hybridized carbons (Fsp3) is 0.333. The number of hydrogen-bond donors (Lipinski definition) is 2. The van der Waals surface area contributed by atoms with Crippen molar-refractivity contribution >= 4 is 34.5 Å². The van der Waals surface area contributed by atoms with E-state index in [1.165, 1.54) is 4.68 Å². The highest BCUT2D eigenvalue weighted by Gasteiger charge is 2.29. The van der Waals surface area contributed by atoms with E-state index in [1.54, 1.807) is 24.4 Å². The highest BCUT2D eigenvalue weighted by atomic mass is 16.4. The number of nitrogens with one attached hydrogen (secondary N) is 2. The molecule has 1 aliphatic heterocycles. The van der Waals surface area contributed by atoms with Crippen molar-refractivity contribution in [3.05, 3.63) is 76.4 Å². The normalized spacial score (nSPS) is 15.5. The van der Waals surface area contributed by atoms with Gasteiger partial charge in [-0.15, -0.1) is 0 Å². The highest BCUT2D eigenvalue weighted by molar-refractivity contribution is 5.94. The van der Waals surface area contributed by atoms with Crippen LogP contribution in [0.25, 0.3) is 11.1 Å². The number of rotatable bonds is 8. The maximum atomic E-state index is 13.0. The first-order valence-corrected chi connectivity index (χ1v) is 12.6. The summed E-state index contributed by atoms with van der Waals surface area (Å²) in [4.78, 5) is 38.6. The molecule has 1 unspecified atom stereocenters. The van der Waals surface area contributed by atoms with Gasteiger partial charge in [0, 0.05) is 42.1 Å². The summed E-state index contributed by atoms with van der Waals surface area (Å²) in [5, 5.41) is 3.17. The van der Waals surface area contributed by atoms with Crippen LogP contribution in [0.4, 0.5) is 17.5 Å². The number of carbonyl (C=O) groups is 1. The summed E-state index contributed by atoms with van der Waals surface area (Å²) in [5.41, 5.74) is 6.29. The van der Waals surface area contributed by atoms with Crippen molar-refractivity contribution in [3.63, 3.8) is 0 Å². The van der Waals surface area contributed by atoms with Gasteiger partial charge in [-0.05, 0) is 62.8 Å². The van der Waals surface area contributed by atoms with Gasteiger partial charge in [0.1, 0.15) is 5.52 Å². The van der Waals surface area contributed by atoms with Gasteiger partial charge in [0.15, 0.2) is 11.4 Å². The van der Waals surface area contributed by atoms with E-state index in [-0.39, 0.29) is 5.91 Å². The van der Waals surface area contributed by atoms with Crippen LogP contribution in [0.15, 0.2) is 63.9 Å². The van der Waals surface area contributed by atoms with Crippen LogP contribution in [-0.4, -0.2) is 62.6 Å². The van der Waals surface area contributed by atoms with Gasteiger partial charge in [0.2, 0.25) is 5.95 Å². The van der Waals surface area contributed by atoms with Gasteiger partial charge < -0.3 is 14.6 Å². The maximum absolute atomic E-state index is 13.0. The molecule has 1 amide bonds. The molecule has 10 nitrogen and oxygen atoms in total. The van der Waals surface area contributed by atoms with Crippen molar-refractivity contribution in [1.82, 2.24) is 24.4 Å². The summed E-state index contributed by atoms with van der Waals surface area (Å²) >= 11 is 0.